The molecule has 0 aliphatic heterocycles. The molecule has 140 valence electrons. The molecule has 0 radical (unpaired) electrons. The number of amides is 1. The summed E-state index contributed by atoms with van der Waals surface area (Å²) in [5.41, 5.74) is 4.67. The molecule has 2 aromatic carbocycles. The largest absolute Gasteiger partial charge is 0.352 e. The van der Waals surface area contributed by atoms with Gasteiger partial charge in [0.2, 0.25) is 5.91 Å². The maximum Gasteiger partial charge on any atom is 0.224 e. The summed E-state index contributed by atoms with van der Waals surface area (Å²) in [6.07, 6.45) is 7.01. The minimum Gasteiger partial charge on any atom is -0.352 e. The number of carbonyl (C=O) groups is 1. The van der Waals surface area contributed by atoms with Crippen molar-refractivity contribution in [3.05, 3.63) is 89.5 Å². The van der Waals surface area contributed by atoms with E-state index >= 15 is 0 Å². The van der Waals surface area contributed by atoms with E-state index in [-0.39, 0.29) is 5.91 Å². The number of benzene rings is 2. The fourth-order valence-electron chi connectivity index (χ4n) is 3.14. The number of imidazole rings is 1. The molecule has 1 aromatic heterocycles. The summed E-state index contributed by atoms with van der Waals surface area (Å²) in [5.74, 6) is 0.690. The summed E-state index contributed by atoms with van der Waals surface area (Å²) in [6.45, 7) is 5.75. The molecule has 1 heterocycles. The van der Waals surface area contributed by atoms with Crippen LogP contribution >= 0.6 is 0 Å². The van der Waals surface area contributed by atoms with Gasteiger partial charge in [-0.05, 0) is 34.6 Å². The summed E-state index contributed by atoms with van der Waals surface area (Å²) >= 11 is 0. The van der Waals surface area contributed by atoms with Crippen molar-refractivity contribution in [2.24, 2.45) is 5.92 Å². The minimum atomic E-state index is 0.0478. The van der Waals surface area contributed by atoms with E-state index in [2.05, 4.69) is 60.5 Å². The standard InChI is InChI=1S/C23H27N3O/c1-18(2)12-19-6-8-20(9-7-19)14-23(27)25-15-21-4-3-5-22(13-21)16-26-11-10-24-17-26/h3-11,13,17-18H,12,14-16H2,1-2H3,(H,25,27). The molecule has 1 N–H and O–H groups in total. The van der Waals surface area contributed by atoms with Crippen LogP contribution in [-0.4, -0.2) is 15.5 Å². The van der Waals surface area contributed by atoms with Crippen LogP contribution in [0.25, 0.3) is 0 Å². The van der Waals surface area contributed by atoms with Crippen molar-refractivity contribution in [3.8, 4) is 0 Å². The molecule has 0 fully saturated rings. The number of hydrogen-bond acceptors (Lipinski definition) is 2. The normalized spacial score (nSPS) is 10.9. The van der Waals surface area contributed by atoms with Gasteiger partial charge in [-0.25, -0.2) is 4.98 Å². The Labute approximate surface area is 161 Å². The zero-order valence-electron chi connectivity index (χ0n) is 16.1. The van der Waals surface area contributed by atoms with Gasteiger partial charge in [0.05, 0.1) is 12.7 Å². The predicted molar refractivity (Wildman–Crippen MR) is 108 cm³/mol. The van der Waals surface area contributed by atoms with Gasteiger partial charge in [-0.15, -0.1) is 0 Å². The summed E-state index contributed by atoms with van der Waals surface area (Å²) in [6, 6.07) is 16.7. The highest BCUT2D eigenvalue weighted by molar-refractivity contribution is 5.78. The lowest BCUT2D eigenvalue weighted by Crippen LogP contribution is -2.24. The number of rotatable bonds is 8. The maximum absolute atomic E-state index is 12.3. The Morgan fingerprint density at radius 3 is 2.48 bits per heavy atom. The third-order valence-electron chi connectivity index (χ3n) is 4.44. The van der Waals surface area contributed by atoms with E-state index in [1.165, 1.54) is 11.1 Å². The molecule has 3 rings (SSSR count). The van der Waals surface area contributed by atoms with Crippen LogP contribution in [0.15, 0.2) is 67.3 Å². The second-order valence-corrected chi connectivity index (χ2v) is 7.42. The number of carbonyl (C=O) groups excluding carboxylic acids is 1. The highest BCUT2D eigenvalue weighted by Crippen LogP contribution is 2.11. The third kappa shape index (κ3) is 6.10. The van der Waals surface area contributed by atoms with Gasteiger partial charge in [0, 0.05) is 25.5 Å². The Morgan fingerprint density at radius 2 is 1.78 bits per heavy atom. The fraction of sp³-hybridized carbons (Fsp3) is 0.304. The lowest BCUT2D eigenvalue weighted by Gasteiger charge is -2.09. The van der Waals surface area contributed by atoms with Crippen molar-refractivity contribution in [1.29, 1.82) is 0 Å². The molecular formula is C23H27N3O. The second-order valence-electron chi connectivity index (χ2n) is 7.42. The molecule has 4 heteroatoms. The van der Waals surface area contributed by atoms with Gasteiger partial charge in [0.1, 0.15) is 0 Å². The zero-order valence-corrected chi connectivity index (χ0v) is 16.1. The molecular weight excluding hydrogens is 334 g/mol. The van der Waals surface area contributed by atoms with Crippen LogP contribution in [-0.2, 0) is 30.7 Å². The first-order valence-corrected chi connectivity index (χ1v) is 9.46. The van der Waals surface area contributed by atoms with Crippen molar-refractivity contribution in [1.82, 2.24) is 14.9 Å². The average molecular weight is 361 g/mol. The van der Waals surface area contributed by atoms with Crippen LogP contribution in [0.3, 0.4) is 0 Å². The highest BCUT2D eigenvalue weighted by Gasteiger charge is 2.05. The van der Waals surface area contributed by atoms with E-state index in [1.54, 1.807) is 12.5 Å². The third-order valence-corrected chi connectivity index (χ3v) is 4.44. The Kier molecular flexibility index (Phi) is 6.42. The first-order chi connectivity index (χ1) is 13.1. The molecule has 0 unspecified atom stereocenters. The summed E-state index contributed by atoms with van der Waals surface area (Å²) in [7, 11) is 0. The second kappa shape index (κ2) is 9.17. The molecule has 0 saturated carbocycles. The van der Waals surface area contributed by atoms with Crippen molar-refractivity contribution in [2.45, 2.75) is 39.8 Å². The van der Waals surface area contributed by atoms with Crippen LogP contribution in [0.2, 0.25) is 0 Å². The van der Waals surface area contributed by atoms with Gasteiger partial charge in [0.25, 0.3) is 0 Å². The van der Waals surface area contributed by atoms with Crippen molar-refractivity contribution >= 4 is 5.91 Å². The Balaban J connectivity index is 1.50. The monoisotopic (exact) mass is 361 g/mol. The predicted octanol–water partition coefficient (Wildman–Crippen LogP) is 3.99. The van der Waals surface area contributed by atoms with Gasteiger partial charge >= 0.3 is 0 Å². The molecule has 0 aliphatic carbocycles. The van der Waals surface area contributed by atoms with Crippen LogP contribution in [0.4, 0.5) is 0 Å². The van der Waals surface area contributed by atoms with Crippen LogP contribution in [0, 0.1) is 5.92 Å². The first-order valence-electron chi connectivity index (χ1n) is 9.46. The molecule has 1 amide bonds. The molecule has 4 nitrogen and oxygen atoms in total. The molecule has 27 heavy (non-hydrogen) atoms. The summed E-state index contributed by atoms with van der Waals surface area (Å²) in [5, 5.41) is 3.02. The van der Waals surface area contributed by atoms with Crippen LogP contribution in [0.1, 0.15) is 36.1 Å². The topological polar surface area (TPSA) is 46.9 Å². The molecule has 0 aliphatic rings. The number of aromatic nitrogens is 2. The van der Waals surface area contributed by atoms with E-state index in [4.69, 9.17) is 0 Å². The molecule has 0 bridgehead atoms. The van der Waals surface area contributed by atoms with Gasteiger partial charge in [0.15, 0.2) is 0 Å². The Morgan fingerprint density at radius 1 is 1.04 bits per heavy atom. The van der Waals surface area contributed by atoms with Crippen molar-refractivity contribution in [2.75, 3.05) is 0 Å². The highest BCUT2D eigenvalue weighted by atomic mass is 16.1. The Bertz CT molecular complexity index is 852. The van der Waals surface area contributed by atoms with Gasteiger partial charge < -0.3 is 9.88 Å². The lowest BCUT2D eigenvalue weighted by molar-refractivity contribution is -0.120. The quantitative estimate of drug-likeness (QED) is 0.659. The zero-order chi connectivity index (χ0) is 19.1. The van der Waals surface area contributed by atoms with Gasteiger partial charge in [-0.2, -0.15) is 0 Å². The molecule has 0 atom stereocenters. The Hall–Kier alpha value is -2.88. The SMILES string of the molecule is CC(C)Cc1ccc(CC(=O)NCc2cccc(Cn3ccnc3)c2)cc1. The van der Waals surface area contributed by atoms with E-state index in [1.807, 2.05) is 22.9 Å². The molecule has 0 spiro atoms. The number of nitrogens with zero attached hydrogens (tertiary/aromatic N) is 2. The van der Waals surface area contributed by atoms with E-state index in [9.17, 15) is 4.79 Å². The lowest BCUT2D eigenvalue weighted by atomic mass is 10.0. The van der Waals surface area contributed by atoms with Crippen molar-refractivity contribution in [3.63, 3.8) is 0 Å². The average Bonchev–Trinajstić information content (AvgIpc) is 3.15. The fourth-order valence-corrected chi connectivity index (χ4v) is 3.14. The smallest absolute Gasteiger partial charge is 0.224 e. The summed E-state index contributed by atoms with van der Waals surface area (Å²) < 4.78 is 2.03. The maximum atomic E-state index is 12.3. The van der Waals surface area contributed by atoms with E-state index in [0.29, 0.717) is 18.9 Å². The van der Waals surface area contributed by atoms with Gasteiger partial charge in [-0.3, -0.25) is 4.79 Å². The van der Waals surface area contributed by atoms with E-state index in [0.717, 1.165) is 24.1 Å². The number of nitrogens with one attached hydrogen (secondary N) is 1. The number of hydrogen-bond donors (Lipinski definition) is 1. The van der Waals surface area contributed by atoms with Crippen LogP contribution in [0.5, 0.6) is 0 Å². The van der Waals surface area contributed by atoms with Crippen LogP contribution < -0.4 is 5.32 Å². The first kappa shape index (κ1) is 18.9. The molecule has 3 aromatic rings. The van der Waals surface area contributed by atoms with Crippen molar-refractivity contribution < 1.29 is 4.79 Å². The van der Waals surface area contributed by atoms with Gasteiger partial charge in [-0.1, -0.05) is 62.4 Å². The minimum absolute atomic E-state index is 0.0478. The van der Waals surface area contributed by atoms with E-state index < -0.39 is 0 Å². The summed E-state index contributed by atoms with van der Waals surface area (Å²) in [4.78, 5) is 16.3. The molecule has 0 saturated heterocycles.